The molecule has 1 aliphatic heterocycles. The molecule has 2 aliphatic carbocycles. The highest BCUT2D eigenvalue weighted by atomic mass is 16.8. The van der Waals surface area contributed by atoms with Gasteiger partial charge in [0.15, 0.2) is 5.79 Å². The van der Waals surface area contributed by atoms with Crippen LogP contribution in [0.4, 0.5) is 0 Å². The Labute approximate surface area is 173 Å². The summed E-state index contributed by atoms with van der Waals surface area (Å²) >= 11 is 0. The zero-order chi connectivity index (χ0) is 20.6. The second kappa shape index (κ2) is 8.38. The molecule has 3 rings (SSSR count). The van der Waals surface area contributed by atoms with E-state index in [-0.39, 0.29) is 16.6 Å². The lowest BCUT2D eigenvalue weighted by molar-refractivity contribution is -0.168. The molecule has 1 spiro atoms. The van der Waals surface area contributed by atoms with Crippen LogP contribution in [-0.2, 0) is 14.3 Å². The van der Waals surface area contributed by atoms with Gasteiger partial charge in [-0.25, -0.2) is 0 Å². The van der Waals surface area contributed by atoms with Crippen LogP contribution in [-0.4, -0.2) is 23.8 Å². The Bertz CT molecular complexity index is 540. The molecule has 0 bridgehead atoms. The topological polar surface area (TPSA) is 35.5 Å². The molecule has 1 saturated heterocycles. The molecule has 4 unspecified atom stereocenters. The number of hydrogen-bond acceptors (Lipinski definition) is 3. The molecule has 0 aromatic heterocycles. The highest BCUT2D eigenvalue weighted by Gasteiger charge is 2.50. The highest BCUT2D eigenvalue weighted by molar-refractivity contribution is 5.84. The first-order valence-electron chi connectivity index (χ1n) is 11.9. The molecular weight excluding hydrogens is 348 g/mol. The van der Waals surface area contributed by atoms with Crippen molar-refractivity contribution in [1.29, 1.82) is 0 Å². The van der Waals surface area contributed by atoms with E-state index in [1.54, 1.807) is 0 Å². The zero-order valence-electron chi connectivity index (χ0n) is 19.3. The first kappa shape index (κ1) is 22.3. The van der Waals surface area contributed by atoms with Crippen molar-refractivity contribution in [2.45, 2.75) is 130 Å². The third-order valence-corrected chi connectivity index (χ3v) is 7.76. The van der Waals surface area contributed by atoms with Crippen LogP contribution in [0.25, 0.3) is 0 Å². The predicted octanol–water partition coefficient (Wildman–Crippen LogP) is 6.68. The van der Waals surface area contributed by atoms with Crippen LogP contribution < -0.4 is 0 Å². The van der Waals surface area contributed by atoms with E-state index in [1.807, 2.05) is 0 Å². The maximum absolute atomic E-state index is 13.1. The van der Waals surface area contributed by atoms with Gasteiger partial charge in [0, 0.05) is 24.7 Å². The van der Waals surface area contributed by atoms with E-state index in [4.69, 9.17) is 9.47 Å². The lowest BCUT2D eigenvalue weighted by Crippen LogP contribution is -2.37. The molecular formula is C25H44O3. The van der Waals surface area contributed by atoms with E-state index in [1.165, 1.54) is 19.3 Å². The van der Waals surface area contributed by atoms with Crippen molar-refractivity contribution in [3.63, 3.8) is 0 Å². The molecule has 3 nitrogen and oxygen atoms in total. The average molecular weight is 393 g/mol. The average Bonchev–Trinajstić information content (AvgIpc) is 3.18. The number of carbonyl (C=O) groups excluding carboxylic acids is 1. The molecule has 3 heteroatoms. The molecule has 28 heavy (non-hydrogen) atoms. The van der Waals surface area contributed by atoms with Gasteiger partial charge in [0.1, 0.15) is 5.78 Å². The van der Waals surface area contributed by atoms with Crippen LogP contribution in [0, 0.1) is 22.7 Å². The van der Waals surface area contributed by atoms with Crippen molar-refractivity contribution in [3.05, 3.63) is 0 Å². The van der Waals surface area contributed by atoms with E-state index >= 15 is 0 Å². The molecule has 4 atom stereocenters. The number of ether oxygens (including phenoxy) is 2. The van der Waals surface area contributed by atoms with Gasteiger partial charge in [0.25, 0.3) is 0 Å². The summed E-state index contributed by atoms with van der Waals surface area (Å²) < 4.78 is 12.8. The summed E-state index contributed by atoms with van der Waals surface area (Å²) in [6.07, 6.45) is 12.7. The number of hydrogen-bond donors (Lipinski definition) is 0. The second-order valence-electron chi connectivity index (χ2n) is 11.7. The van der Waals surface area contributed by atoms with Gasteiger partial charge >= 0.3 is 0 Å². The number of fused-ring (bicyclic) bond motifs is 1. The molecule has 2 saturated carbocycles. The molecule has 0 aromatic carbocycles. The fourth-order valence-corrected chi connectivity index (χ4v) is 6.00. The molecule has 3 fully saturated rings. The summed E-state index contributed by atoms with van der Waals surface area (Å²) in [5, 5.41) is 0. The summed E-state index contributed by atoms with van der Waals surface area (Å²) in [6.45, 7) is 13.4. The fraction of sp³-hybridized carbons (Fsp3) is 0.960. The third kappa shape index (κ3) is 5.01. The van der Waals surface area contributed by atoms with Crippen molar-refractivity contribution in [2.24, 2.45) is 22.7 Å². The van der Waals surface area contributed by atoms with Crippen LogP contribution in [0.15, 0.2) is 0 Å². The lowest BCUT2D eigenvalue weighted by Gasteiger charge is -2.38. The standard InChI is InChI=1S/C25H44O3/c1-18(2)24(6,17-23(3,4)5)22(26)11-9-10-19-12-13-20-21(16-19)28-25(27-20)14-7-8-15-25/h18-21H,7-17H2,1-6H3. The zero-order valence-corrected chi connectivity index (χ0v) is 19.3. The molecule has 162 valence electrons. The number of ketones is 1. The monoisotopic (exact) mass is 392 g/mol. The molecule has 0 aromatic rings. The van der Waals surface area contributed by atoms with E-state index in [9.17, 15) is 4.79 Å². The predicted molar refractivity (Wildman–Crippen MR) is 114 cm³/mol. The van der Waals surface area contributed by atoms with Gasteiger partial charge in [-0.1, -0.05) is 41.5 Å². The first-order chi connectivity index (χ1) is 13.0. The van der Waals surface area contributed by atoms with Gasteiger partial charge in [-0.2, -0.15) is 0 Å². The second-order valence-corrected chi connectivity index (χ2v) is 11.7. The Morgan fingerprint density at radius 2 is 1.68 bits per heavy atom. The van der Waals surface area contributed by atoms with Crippen molar-refractivity contribution >= 4 is 5.78 Å². The van der Waals surface area contributed by atoms with Crippen LogP contribution in [0.3, 0.4) is 0 Å². The van der Waals surface area contributed by atoms with E-state index < -0.39 is 0 Å². The van der Waals surface area contributed by atoms with E-state index in [0.29, 0.717) is 29.8 Å². The van der Waals surface area contributed by atoms with Crippen molar-refractivity contribution in [3.8, 4) is 0 Å². The Kier molecular flexibility index (Phi) is 6.67. The molecule has 0 radical (unpaired) electrons. The summed E-state index contributed by atoms with van der Waals surface area (Å²) in [5.74, 6) is 1.33. The summed E-state index contributed by atoms with van der Waals surface area (Å²) in [5.41, 5.74) is -0.0176. The normalized spacial score (nSPS) is 31.9. The number of Topliss-reactive ketones (excluding diaryl/α,β-unsaturated/α-hetero) is 1. The van der Waals surface area contributed by atoms with E-state index in [2.05, 4.69) is 41.5 Å². The lowest BCUT2D eigenvalue weighted by atomic mass is 9.65. The SMILES string of the molecule is CC(C)C(C)(CC(C)(C)C)C(=O)CCCC1CCC2OC3(CCCC3)OC2C1. The Morgan fingerprint density at radius 3 is 2.29 bits per heavy atom. The van der Waals surface area contributed by atoms with Gasteiger partial charge in [-0.15, -0.1) is 0 Å². The van der Waals surface area contributed by atoms with Gasteiger partial charge in [0.2, 0.25) is 0 Å². The maximum atomic E-state index is 13.1. The highest BCUT2D eigenvalue weighted by Crippen LogP contribution is 2.47. The van der Waals surface area contributed by atoms with Crippen LogP contribution in [0.1, 0.15) is 112 Å². The molecule has 0 amide bonds. The van der Waals surface area contributed by atoms with Crippen molar-refractivity contribution < 1.29 is 14.3 Å². The van der Waals surface area contributed by atoms with Gasteiger partial charge < -0.3 is 9.47 Å². The van der Waals surface area contributed by atoms with Crippen molar-refractivity contribution in [2.75, 3.05) is 0 Å². The summed E-state index contributed by atoms with van der Waals surface area (Å²) in [7, 11) is 0. The molecule has 0 N–H and O–H groups in total. The van der Waals surface area contributed by atoms with Gasteiger partial charge in [0.05, 0.1) is 12.2 Å². The fourth-order valence-electron chi connectivity index (χ4n) is 6.00. The summed E-state index contributed by atoms with van der Waals surface area (Å²) in [4.78, 5) is 13.1. The first-order valence-corrected chi connectivity index (χ1v) is 11.9. The van der Waals surface area contributed by atoms with Crippen LogP contribution >= 0.6 is 0 Å². The molecule has 3 aliphatic rings. The quantitative estimate of drug-likeness (QED) is 0.485. The third-order valence-electron chi connectivity index (χ3n) is 7.76. The minimum atomic E-state index is -0.230. The van der Waals surface area contributed by atoms with Gasteiger partial charge in [-0.3, -0.25) is 4.79 Å². The maximum Gasteiger partial charge on any atom is 0.169 e. The van der Waals surface area contributed by atoms with Gasteiger partial charge in [-0.05, 0) is 68.6 Å². The van der Waals surface area contributed by atoms with Crippen LogP contribution in [0.5, 0.6) is 0 Å². The smallest absolute Gasteiger partial charge is 0.169 e. The van der Waals surface area contributed by atoms with Crippen LogP contribution in [0.2, 0.25) is 0 Å². The Morgan fingerprint density at radius 1 is 1.04 bits per heavy atom. The Hall–Kier alpha value is -0.410. The number of carbonyl (C=O) groups is 1. The van der Waals surface area contributed by atoms with Crippen molar-refractivity contribution in [1.82, 2.24) is 0 Å². The number of rotatable bonds is 7. The largest absolute Gasteiger partial charge is 0.344 e. The minimum absolute atomic E-state index is 0.184. The Balaban J connectivity index is 1.46. The minimum Gasteiger partial charge on any atom is -0.344 e. The van der Waals surface area contributed by atoms with E-state index in [0.717, 1.165) is 51.4 Å². The molecule has 1 heterocycles. The summed E-state index contributed by atoms with van der Waals surface area (Å²) in [6, 6.07) is 0.